The van der Waals surface area contributed by atoms with Gasteiger partial charge in [0.25, 0.3) is 0 Å². The van der Waals surface area contributed by atoms with Gasteiger partial charge >= 0.3 is 0 Å². The molecule has 2 rings (SSSR count). The van der Waals surface area contributed by atoms with Crippen LogP contribution in [0.15, 0.2) is 47.1 Å². The molecule has 0 aliphatic rings. The van der Waals surface area contributed by atoms with E-state index >= 15 is 0 Å². The summed E-state index contributed by atoms with van der Waals surface area (Å²) in [6.45, 7) is 5.67. The van der Waals surface area contributed by atoms with E-state index in [1.54, 1.807) is 6.26 Å². The molecule has 20 heavy (non-hydrogen) atoms. The maximum absolute atomic E-state index is 12.0. The maximum atomic E-state index is 12.0. The van der Waals surface area contributed by atoms with E-state index in [0.717, 1.165) is 18.0 Å². The van der Waals surface area contributed by atoms with Crippen LogP contribution in [0.25, 0.3) is 0 Å². The number of likely N-dealkylation sites (N-methyl/N-ethyl adjacent to an activating group) is 1. The summed E-state index contributed by atoms with van der Waals surface area (Å²) in [5, 5.41) is 2.86. The number of nitrogens with one attached hydrogen (secondary N) is 1. The molecule has 1 amide bonds. The van der Waals surface area contributed by atoms with Crippen LogP contribution < -0.4 is 10.2 Å². The van der Waals surface area contributed by atoms with Crippen molar-refractivity contribution in [3.05, 3.63) is 54.0 Å². The topological polar surface area (TPSA) is 45.5 Å². The minimum atomic E-state index is -0.00787. The molecule has 0 aliphatic carbocycles. The van der Waals surface area contributed by atoms with Crippen molar-refractivity contribution in [2.75, 3.05) is 18.0 Å². The molecule has 0 fully saturated rings. The summed E-state index contributed by atoms with van der Waals surface area (Å²) in [6.07, 6.45) is 1.60. The van der Waals surface area contributed by atoms with Crippen molar-refractivity contribution < 1.29 is 9.21 Å². The third-order valence-electron chi connectivity index (χ3n) is 3.21. The number of para-hydroxylation sites is 1. The molecule has 0 aliphatic heterocycles. The molecule has 0 saturated carbocycles. The molecule has 0 spiro atoms. The standard InChI is InChI=1S/C16H20N2O2/c1-3-18(15-9-5-4-7-13(15)2)12-16(19)17-11-14-8-6-10-20-14/h4-10H,3,11-12H2,1-2H3,(H,17,19). The lowest BCUT2D eigenvalue weighted by Gasteiger charge is -2.24. The van der Waals surface area contributed by atoms with Crippen LogP contribution in [0.3, 0.4) is 0 Å². The lowest BCUT2D eigenvalue weighted by molar-refractivity contribution is -0.120. The molecule has 1 aromatic carbocycles. The monoisotopic (exact) mass is 272 g/mol. The van der Waals surface area contributed by atoms with Gasteiger partial charge in [-0.3, -0.25) is 4.79 Å². The zero-order valence-electron chi connectivity index (χ0n) is 11.9. The molecule has 0 radical (unpaired) electrons. The average Bonchev–Trinajstić information content (AvgIpc) is 2.97. The summed E-state index contributed by atoms with van der Waals surface area (Å²) in [6, 6.07) is 11.7. The van der Waals surface area contributed by atoms with E-state index in [1.165, 1.54) is 5.56 Å². The van der Waals surface area contributed by atoms with E-state index in [1.807, 2.05) is 37.3 Å². The SMILES string of the molecule is CCN(CC(=O)NCc1ccco1)c1ccccc1C. The van der Waals surface area contributed by atoms with Crippen molar-refractivity contribution in [2.24, 2.45) is 0 Å². The highest BCUT2D eigenvalue weighted by atomic mass is 16.3. The second-order valence-electron chi connectivity index (χ2n) is 4.66. The molecule has 106 valence electrons. The van der Waals surface area contributed by atoms with Crippen LogP contribution in [0.1, 0.15) is 18.2 Å². The normalized spacial score (nSPS) is 10.3. The fourth-order valence-corrected chi connectivity index (χ4v) is 2.11. The van der Waals surface area contributed by atoms with Crippen LogP contribution in [0, 0.1) is 6.92 Å². The van der Waals surface area contributed by atoms with E-state index < -0.39 is 0 Å². The van der Waals surface area contributed by atoms with E-state index in [-0.39, 0.29) is 5.91 Å². The Labute approximate surface area is 119 Å². The van der Waals surface area contributed by atoms with Crippen molar-refractivity contribution >= 4 is 11.6 Å². The Morgan fingerprint density at radius 1 is 1.25 bits per heavy atom. The quantitative estimate of drug-likeness (QED) is 0.879. The summed E-state index contributed by atoms with van der Waals surface area (Å²) in [7, 11) is 0. The zero-order chi connectivity index (χ0) is 14.4. The van der Waals surface area contributed by atoms with Gasteiger partial charge in [-0.1, -0.05) is 18.2 Å². The van der Waals surface area contributed by atoms with Gasteiger partial charge in [0.1, 0.15) is 5.76 Å². The molecule has 0 atom stereocenters. The molecular weight excluding hydrogens is 252 g/mol. The van der Waals surface area contributed by atoms with Gasteiger partial charge in [-0.15, -0.1) is 0 Å². The summed E-state index contributed by atoms with van der Waals surface area (Å²) in [4.78, 5) is 14.1. The highest BCUT2D eigenvalue weighted by Crippen LogP contribution is 2.18. The van der Waals surface area contributed by atoms with Crippen LogP contribution in [-0.2, 0) is 11.3 Å². The Hall–Kier alpha value is -2.23. The van der Waals surface area contributed by atoms with Gasteiger partial charge in [-0.05, 0) is 37.6 Å². The van der Waals surface area contributed by atoms with Crippen LogP contribution in [0.5, 0.6) is 0 Å². The van der Waals surface area contributed by atoms with Crippen LogP contribution in [0.4, 0.5) is 5.69 Å². The molecular formula is C16H20N2O2. The Morgan fingerprint density at radius 3 is 2.70 bits per heavy atom. The van der Waals surface area contributed by atoms with Crippen LogP contribution >= 0.6 is 0 Å². The Morgan fingerprint density at radius 2 is 2.05 bits per heavy atom. The first-order valence-corrected chi connectivity index (χ1v) is 6.80. The molecule has 0 saturated heterocycles. The van der Waals surface area contributed by atoms with Crippen molar-refractivity contribution in [3.63, 3.8) is 0 Å². The first-order chi connectivity index (χ1) is 9.70. The Kier molecular flexibility index (Phi) is 4.82. The van der Waals surface area contributed by atoms with Gasteiger partial charge in [-0.2, -0.15) is 0 Å². The lowest BCUT2D eigenvalue weighted by atomic mass is 10.2. The van der Waals surface area contributed by atoms with Crippen molar-refractivity contribution in [1.29, 1.82) is 0 Å². The summed E-state index contributed by atoms with van der Waals surface area (Å²) < 4.78 is 5.19. The summed E-state index contributed by atoms with van der Waals surface area (Å²) in [5.41, 5.74) is 2.27. The molecule has 0 unspecified atom stereocenters. The van der Waals surface area contributed by atoms with Gasteiger partial charge in [0, 0.05) is 12.2 Å². The number of carbonyl (C=O) groups is 1. The van der Waals surface area contributed by atoms with Gasteiger partial charge < -0.3 is 14.6 Å². The van der Waals surface area contributed by atoms with E-state index in [0.29, 0.717) is 13.1 Å². The van der Waals surface area contributed by atoms with Gasteiger partial charge in [0.2, 0.25) is 5.91 Å². The van der Waals surface area contributed by atoms with Crippen LogP contribution in [-0.4, -0.2) is 19.0 Å². The highest BCUT2D eigenvalue weighted by Gasteiger charge is 2.11. The number of anilines is 1. The number of amides is 1. The first kappa shape index (κ1) is 14.2. The number of carbonyl (C=O) groups excluding carboxylic acids is 1. The third-order valence-corrected chi connectivity index (χ3v) is 3.21. The predicted molar refractivity (Wildman–Crippen MR) is 79.6 cm³/mol. The molecule has 1 N–H and O–H groups in total. The molecule has 2 aromatic rings. The van der Waals surface area contributed by atoms with Crippen LogP contribution in [0.2, 0.25) is 0 Å². The van der Waals surface area contributed by atoms with Crippen molar-refractivity contribution in [3.8, 4) is 0 Å². The van der Waals surface area contributed by atoms with Gasteiger partial charge in [0.05, 0.1) is 19.4 Å². The summed E-state index contributed by atoms with van der Waals surface area (Å²) >= 11 is 0. The Balaban J connectivity index is 1.93. The number of aryl methyl sites for hydroxylation is 1. The van der Waals surface area contributed by atoms with Gasteiger partial charge in [0.15, 0.2) is 0 Å². The average molecular weight is 272 g/mol. The number of hydrogen-bond acceptors (Lipinski definition) is 3. The molecule has 4 nitrogen and oxygen atoms in total. The number of benzene rings is 1. The highest BCUT2D eigenvalue weighted by molar-refractivity contribution is 5.81. The van der Waals surface area contributed by atoms with E-state index in [2.05, 4.69) is 23.2 Å². The number of nitrogens with zero attached hydrogens (tertiary/aromatic N) is 1. The smallest absolute Gasteiger partial charge is 0.239 e. The fourth-order valence-electron chi connectivity index (χ4n) is 2.11. The minimum Gasteiger partial charge on any atom is -0.467 e. The van der Waals surface area contributed by atoms with E-state index in [9.17, 15) is 4.79 Å². The second-order valence-corrected chi connectivity index (χ2v) is 4.66. The minimum absolute atomic E-state index is 0.00787. The van der Waals surface area contributed by atoms with E-state index in [4.69, 9.17) is 4.42 Å². The lowest BCUT2D eigenvalue weighted by Crippen LogP contribution is -2.37. The number of furan rings is 1. The Bertz CT molecular complexity index is 549. The molecule has 1 heterocycles. The largest absolute Gasteiger partial charge is 0.467 e. The summed E-state index contributed by atoms with van der Waals surface area (Å²) in [5.74, 6) is 0.754. The second kappa shape index (κ2) is 6.80. The third kappa shape index (κ3) is 3.63. The molecule has 4 heteroatoms. The predicted octanol–water partition coefficient (Wildman–Crippen LogP) is 2.73. The molecule has 0 bridgehead atoms. The first-order valence-electron chi connectivity index (χ1n) is 6.80. The number of hydrogen-bond donors (Lipinski definition) is 1. The zero-order valence-corrected chi connectivity index (χ0v) is 11.9. The molecule has 1 aromatic heterocycles. The fraction of sp³-hybridized carbons (Fsp3) is 0.312. The van der Waals surface area contributed by atoms with Crippen molar-refractivity contribution in [2.45, 2.75) is 20.4 Å². The van der Waals surface area contributed by atoms with Crippen molar-refractivity contribution in [1.82, 2.24) is 5.32 Å². The van der Waals surface area contributed by atoms with Gasteiger partial charge in [-0.25, -0.2) is 0 Å². The number of rotatable bonds is 6. The maximum Gasteiger partial charge on any atom is 0.239 e.